The van der Waals surface area contributed by atoms with Gasteiger partial charge in [0.25, 0.3) is 5.89 Å². The van der Waals surface area contributed by atoms with Gasteiger partial charge in [-0.2, -0.15) is 4.98 Å². The van der Waals surface area contributed by atoms with E-state index in [1.54, 1.807) is 12.1 Å². The van der Waals surface area contributed by atoms with E-state index in [1.165, 1.54) is 12.1 Å². The van der Waals surface area contributed by atoms with E-state index in [2.05, 4.69) is 15.5 Å². The molecule has 0 radical (unpaired) electrons. The third-order valence-electron chi connectivity index (χ3n) is 3.40. The molecule has 0 bridgehead atoms. The van der Waals surface area contributed by atoms with Gasteiger partial charge in [-0.25, -0.2) is 4.39 Å². The second-order valence-corrected chi connectivity index (χ2v) is 5.06. The number of rotatable bonds is 6. The number of carboxylic acids is 1. The maximum Gasteiger partial charge on any atom is 0.320 e. The molecule has 7 heteroatoms. The normalized spacial score (nSPS) is 15.9. The van der Waals surface area contributed by atoms with Crippen LogP contribution in [0.3, 0.4) is 0 Å². The first-order valence-corrected chi connectivity index (χ1v) is 6.68. The molecule has 2 aromatic rings. The van der Waals surface area contributed by atoms with Crippen molar-refractivity contribution in [3.05, 3.63) is 35.9 Å². The zero-order valence-electron chi connectivity index (χ0n) is 11.1. The quantitative estimate of drug-likeness (QED) is 0.844. The lowest BCUT2D eigenvalue weighted by Crippen LogP contribution is -2.38. The number of hydrogen-bond acceptors (Lipinski definition) is 5. The molecule has 1 aromatic heterocycles. The van der Waals surface area contributed by atoms with E-state index >= 15 is 0 Å². The Labute approximate surface area is 120 Å². The van der Waals surface area contributed by atoms with Crippen molar-refractivity contribution in [3.8, 4) is 11.5 Å². The predicted octanol–water partition coefficient (Wildman–Crippen LogP) is 1.83. The minimum atomic E-state index is -0.861. The van der Waals surface area contributed by atoms with Crippen LogP contribution in [-0.2, 0) is 11.3 Å². The zero-order valence-corrected chi connectivity index (χ0v) is 11.1. The van der Waals surface area contributed by atoms with Crippen molar-refractivity contribution in [2.24, 2.45) is 5.92 Å². The molecule has 1 fully saturated rings. The van der Waals surface area contributed by atoms with Crippen LogP contribution < -0.4 is 5.32 Å². The highest BCUT2D eigenvalue weighted by molar-refractivity contribution is 5.74. The standard InChI is InChI=1S/C14H14FN3O3/c15-10-5-3-9(4-6-10)13-17-11(18-21-13)7-16-12(14(19)20)8-1-2-8/h3-6,8,12,16H,1-2,7H2,(H,19,20). The zero-order chi connectivity index (χ0) is 14.8. The average Bonchev–Trinajstić information content (AvgIpc) is 3.18. The second kappa shape index (κ2) is 5.61. The molecule has 3 rings (SSSR count). The Hall–Kier alpha value is -2.28. The first-order chi connectivity index (χ1) is 10.1. The Bertz CT molecular complexity index is 637. The molecule has 1 unspecified atom stereocenters. The van der Waals surface area contributed by atoms with Gasteiger partial charge in [0.1, 0.15) is 11.9 Å². The number of carbonyl (C=O) groups is 1. The summed E-state index contributed by atoms with van der Waals surface area (Å²) in [6.07, 6.45) is 1.86. The molecule has 1 saturated carbocycles. The van der Waals surface area contributed by atoms with Crippen molar-refractivity contribution >= 4 is 5.97 Å². The molecule has 0 aliphatic heterocycles. The number of aromatic nitrogens is 2. The van der Waals surface area contributed by atoms with Crippen LogP contribution in [0.15, 0.2) is 28.8 Å². The molecule has 2 N–H and O–H groups in total. The van der Waals surface area contributed by atoms with Crippen LogP contribution in [-0.4, -0.2) is 27.3 Å². The maximum absolute atomic E-state index is 12.8. The van der Waals surface area contributed by atoms with Gasteiger partial charge in [0.05, 0.1) is 6.54 Å². The molecule has 1 heterocycles. The highest BCUT2D eigenvalue weighted by Gasteiger charge is 2.36. The number of hydrogen-bond donors (Lipinski definition) is 2. The molecule has 0 spiro atoms. The Balaban J connectivity index is 1.64. The van der Waals surface area contributed by atoms with Crippen LogP contribution in [0.2, 0.25) is 0 Å². The largest absolute Gasteiger partial charge is 0.480 e. The van der Waals surface area contributed by atoms with E-state index < -0.39 is 12.0 Å². The molecule has 0 saturated heterocycles. The highest BCUT2D eigenvalue weighted by Crippen LogP contribution is 2.32. The van der Waals surface area contributed by atoms with Crippen molar-refractivity contribution < 1.29 is 18.8 Å². The first-order valence-electron chi connectivity index (χ1n) is 6.68. The van der Waals surface area contributed by atoms with Crippen LogP contribution >= 0.6 is 0 Å². The minimum absolute atomic E-state index is 0.186. The van der Waals surface area contributed by atoms with Gasteiger partial charge in [0, 0.05) is 5.56 Å². The third-order valence-corrected chi connectivity index (χ3v) is 3.40. The lowest BCUT2D eigenvalue weighted by atomic mass is 10.2. The summed E-state index contributed by atoms with van der Waals surface area (Å²) in [5.74, 6) is -0.356. The van der Waals surface area contributed by atoms with Gasteiger partial charge in [0.2, 0.25) is 0 Å². The number of aliphatic carboxylic acids is 1. The first kappa shape index (κ1) is 13.7. The van der Waals surface area contributed by atoms with Gasteiger partial charge >= 0.3 is 5.97 Å². The monoisotopic (exact) mass is 291 g/mol. The van der Waals surface area contributed by atoms with Gasteiger partial charge in [-0.1, -0.05) is 5.16 Å². The smallest absolute Gasteiger partial charge is 0.320 e. The van der Waals surface area contributed by atoms with Gasteiger partial charge in [0.15, 0.2) is 5.82 Å². The number of benzene rings is 1. The van der Waals surface area contributed by atoms with E-state index in [0.29, 0.717) is 11.4 Å². The fourth-order valence-corrected chi connectivity index (χ4v) is 2.12. The summed E-state index contributed by atoms with van der Waals surface area (Å²) >= 11 is 0. The Morgan fingerprint density at radius 2 is 2.14 bits per heavy atom. The highest BCUT2D eigenvalue weighted by atomic mass is 19.1. The molecule has 1 aliphatic rings. The fourth-order valence-electron chi connectivity index (χ4n) is 2.12. The van der Waals surface area contributed by atoms with Crippen molar-refractivity contribution in [2.75, 3.05) is 0 Å². The van der Waals surface area contributed by atoms with Crippen molar-refractivity contribution in [1.29, 1.82) is 0 Å². The van der Waals surface area contributed by atoms with Gasteiger partial charge in [-0.3, -0.25) is 10.1 Å². The second-order valence-electron chi connectivity index (χ2n) is 5.06. The molecular formula is C14H14FN3O3. The Morgan fingerprint density at radius 3 is 2.76 bits per heavy atom. The number of nitrogens with zero attached hydrogens (tertiary/aromatic N) is 2. The third kappa shape index (κ3) is 3.25. The van der Waals surface area contributed by atoms with Crippen LogP contribution in [0.1, 0.15) is 18.7 Å². The molecule has 21 heavy (non-hydrogen) atoms. The van der Waals surface area contributed by atoms with Crippen molar-refractivity contribution in [2.45, 2.75) is 25.4 Å². The van der Waals surface area contributed by atoms with E-state index in [1.807, 2.05) is 0 Å². The summed E-state index contributed by atoms with van der Waals surface area (Å²) in [5, 5.41) is 15.8. The van der Waals surface area contributed by atoms with E-state index in [9.17, 15) is 9.18 Å². The van der Waals surface area contributed by atoms with Gasteiger partial charge in [-0.15, -0.1) is 0 Å². The molecule has 1 aliphatic carbocycles. The van der Waals surface area contributed by atoms with E-state index in [0.717, 1.165) is 12.8 Å². The number of carboxylic acid groups (broad SMARTS) is 1. The van der Waals surface area contributed by atoms with E-state index in [4.69, 9.17) is 9.63 Å². The fraction of sp³-hybridized carbons (Fsp3) is 0.357. The molecule has 1 aromatic carbocycles. The van der Waals surface area contributed by atoms with Crippen LogP contribution in [0, 0.1) is 11.7 Å². The number of halogens is 1. The summed E-state index contributed by atoms with van der Waals surface area (Å²) in [7, 11) is 0. The summed E-state index contributed by atoms with van der Waals surface area (Å²) in [4.78, 5) is 15.3. The maximum atomic E-state index is 12.8. The Morgan fingerprint density at radius 1 is 1.43 bits per heavy atom. The van der Waals surface area contributed by atoms with Gasteiger partial charge in [-0.05, 0) is 43.0 Å². The molecule has 0 amide bonds. The SMILES string of the molecule is O=C(O)C(NCc1noc(-c2ccc(F)cc2)n1)C1CC1. The number of nitrogens with one attached hydrogen (secondary N) is 1. The van der Waals surface area contributed by atoms with Crippen molar-refractivity contribution in [1.82, 2.24) is 15.5 Å². The molecule has 110 valence electrons. The van der Waals surface area contributed by atoms with Crippen LogP contribution in [0.4, 0.5) is 4.39 Å². The summed E-state index contributed by atoms with van der Waals surface area (Å²) in [6, 6.07) is 5.14. The molecule has 1 atom stereocenters. The Kier molecular flexibility index (Phi) is 3.66. The topological polar surface area (TPSA) is 88.2 Å². The predicted molar refractivity (Wildman–Crippen MR) is 70.7 cm³/mol. The van der Waals surface area contributed by atoms with Crippen LogP contribution in [0.25, 0.3) is 11.5 Å². The molecule has 6 nitrogen and oxygen atoms in total. The summed E-state index contributed by atoms with van der Waals surface area (Å²) in [6.45, 7) is 0.220. The van der Waals surface area contributed by atoms with E-state index in [-0.39, 0.29) is 24.2 Å². The average molecular weight is 291 g/mol. The molecular weight excluding hydrogens is 277 g/mol. The minimum Gasteiger partial charge on any atom is -0.480 e. The van der Waals surface area contributed by atoms with Crippen LogP contribution in [0.5, 0.6) is 0 Å². The lowest BCUT2D eigenvalue weighted by molar-refractivity contribution is -0.140. The van der Waals surface area contributed by atoms with Gasteiger partial charge < -0.3 is 9.63 Å². The summed E-state index contributed by atoms with van der Waals surface area (Å²) in [5.41, 5.74) is 0.618. The van der Waals surface area contributed by atoms with Crippen molar-refractivity contribution in [3.63, 3.8) is 0 Å². The lowest BCUT2D eigenvalue weighted by Gasteiger charge is -2.11. The summed E-state index contributed by atoms with van der Waals surface area (Å²) < 4.78 is 17.9.